The Balaban J connectivity index is 0.00000192. The Morgan fingerprint density at radius 1 is 1.39 bits per heavy atom. The monoisotopic (exact) mass is 403 g/mol. The third kappa shape index (κ3) is 3.72. The molecule has 114 valence electrons. The molecular weight excluding hydrogens is 392 g/mol. The molecule has 23 heavy (non-hydrogen) atoms. The Labute approximate surface area is 182 Å². The molecule has 0 unspecified atom stereocenters. The van der Waals surface area contributed by atoms with E-state index in [1.54, 1.807) is 12.1 Å². The number of hydrogen-bond donors (Lipinski definition) is 1. The molecule has 0 aliphatic carbocycles. The van der Waals surface area contributed by atoms with Crippen LogP contribution in [0.1, 0.15) is 23.0 Å². The van der Waals surface area contributed by atoms with E-state index in [1.807, 2.05) is 6.92 Å². The number of carbonyl (C=O) groups is 1. The molecular formula is C15H12BrFKN3O2. The van der Waals surface area contributed by atoms with Gasteiger partial charge in [0.05, 0.1) is 11.9 Å². The summed E-state index contributed by atoms with van der Waals surface area (Å²) >= 11 is 3.21. The van der Waals surface area contributed by atoms with Crippen LogP contribution in [0, 0.1) is 5.82 Å². The minimum absolute atomic E-state index is 0. The molecule has 0 bridgehead atoms. The summed E-state index contributed by atoms with van der Waals surface area (Å²) in [6, 6.07) is 6.19. The molecule has 3 aromatic rings. The zero-order valence-electron chi connectivity index (χ0n) is 11.5. The predicted molar refractivity (Wildman–Crippen MR) is 89.6 cm³/mol. The molecule has 0 fully saturated rings. The van der Waals surface area contributed by atoms with Crippen molar-refractivity contribution in [2.45, 2.75) is 13.3 Å². The second-order valence-corrected chi connectivity index (χ2v) is 5.65. The Morgan fingerprint density at radius 2 is 2.13 bits per heavy atom. The van der Waals surface area contributed by atoms with Crippen molar-refractivity contribution in [3.8, 4) is 11.3 Å². The van der Waals surface area contributed by atoms with Crippen molar-refractivity contribution >= 4 is 78.9 Å². The van der Waals surface area contributed by atoms with Gasteiger partial charge in [-0.15, -0.1) is 0 Å². The van der Waals surface area contributed by atoms with Crippen LogP contribution in [-0.4, -0.2) is 77.1 Å². The van der Waals surface area contributed by atoms with Gasteiger partial charge in [-0.25, -0.2) is 18.7 Å². The number of aryl methyl sites for hydroxylation is 1. The fourth-order valence-corrected chi connectivity index (χ4v) is 2.57. The van der Waals surface area contributed by atoms with E-state index in [0.29, 0.717) is 27.8 Å². The first-order valence-corrected chi connectivity index (χ1v) is 7.37. The fourth-order valence-electron chi connectivity index (χ4n) is 2.23. The van der Waals surface area contributed by atoms with Crippen LogP contribution in [0.5, 0.6) is 0 Å². The molecule has 0 spiro atoms. The van der Waals surface area contributed by atoms with Gasteiger partial charge < -0.3 is 5.11 Å². The molecule has 5 nitrogen and oxygen atoms in total. The van der Waals surface area contributed by atoms with E-state index in [9.17, 15) is 9.18 Å². The van der Waals surface area contributed by atoms with E-state index in [-0.39, 0.29) is 57.1 Å². The maximum absolute atomic E-state index is 14.1. The summed E-state index contributed by atoms with van der Waals surface area (Å²) in [4.78, 5) is 15.5. The number of rotatable bonds is 3. The minimum atomic E-state index is -1.11. The van der Waals surface area contributed by atoms with Gasteiger partial charge in [0.2, 0.25) is 0 Å². The first kappa shape index (κ1) is 18.7. The van der Waals surface area contributed by atoms with Crippen molar-refractivity contribution in [3.63, 3.8) is 0 Å². The van der Waals surface area contributed by atoms with E-state index < -0.39 is 11.8 Å². The van der Waals surface area contributed by atoms with Gasteiger partial charge in [0.25, 0.3) is 0 Å². The van der Waals surface area contributed by atoms with Crippen LogP contribution in [0.2, 0.25) is 0 Å². The summed E-state index contributed by atoms with van der Waals surface area (Å²) in [5.41, 5.74) is 1.97. The SMILES string of the molecule is CCc1cc(C(=O)O)nn2cc(-c3ccc(Br)cc3F)nc12.[KH]. The number of hydrogen-bond acceptors (Lipinski definition) is 3. The summed E-state index contributed by atoms with van der Waals surface area (Å²) in [6.45, 7) is 1.90. The molecule has 3 rings (SSSR count). The standard InChI is InChI=1S/C15H11BrFN3O2.K.H/c1-2-8-5-12(15(21)22)19-20-7-13(18-14(8)20)10-4-3-9(16)6-11(10)17;;/h3-7H,2H2,1H3,(H,21,22);;. The Kier molecular flexibility index (Phi) is 6.09. The maximum atomic E-state index is 14.1. The Hall–Kier alpha value is -0.644. The number of aromatic carboxylic acids is 1. The second-order valence-electron chi connectivity index (χ2n) is 4.73. The van der Waals surface area contributed by atoms with Crippen molar-refractivity contribution in [3.05, 3.63) is 52.0 Å². The summed E-state index contributed by atoms with van der Waals surface area (Å²) in [7, 11) is 0. The zero-order chi connectivity index (χ0) is 15.9. The van der Waals surface area contributed by atoms with Crippen LogP contribution in [0.3, 0.4) is 0 Å². The predicted octanol–water partition coefficient (Wildman–Crippen LogP) is 2.91. The molecule has 1 aromatic carbocycles. The van der Waals surface area contributed by atoms with Gasteiger partial charge in [-0.1, -0.05) is 22.9 Å². The zero-order valence-corrected chi connectivity index (χ0v) is 13.1. The normalized spacial score (nSPS) is 10.6. The molecule has 0 radical (unpaired) electrons. The van der Waals surface area contributed by atoms with Crippen molar-refractivity contribution in [1.29, 1.82) is 0 Å². The van der Waals surface area contributed by atoms with E-state index >= 15 is 0 Å². The van der Waals surface area contributed by atoms with E-state index in [1.165, 1.54) is 22.8 Å². The molecule has 2 aromatic heterocycles. The second kappa shape index (κ2) is 7.50. The average Bonchev–Trinajstić information content (AvgIpc) is 2.89. The summed E-state index contributed by atoms with van der Waals surface area (Å²) in [5, 5.41) is 13.1. The number of halogens is 2. The van der Waals surface area contributed by atoms with Gasteiger partial charge in [-0.2, -0.15) is 5.10 Å². The van der Waals surface area contributed by atoms with Crippen LogP contribution in [0.25, 0.3) is 16.9 Å². The molecule has 0 amide bonds. The van der Waals surface area contributed by atoms with Gasteiger partial charge in [0.15, 0.2) is 11.3 Å². The van der Waals surface area contributed by atoms with Crippen molar-refractivity contribution < 1.29 is 14.3 Å². The summed E-state index contributed by atoms with van der Waals surface area (Å²) < 4.78 is 16.1. The van der Waals surface area contributed by atoms with E-state index in [4.69, 9.17) is 5.11 Å². The number of fused-ring (bicyclic) bond motifs is 1. The van der Waals surface area contributed by atoms with Crippen molar-refractivity contribution in [1.82, 2.24) is 14.6 Å². The first-order valence-electron chi connectivity index (χ1n) is 6.57. The summed E-state index contributed by atoms with van der Waals surface area (Å²) in [5.74, 6) is -1.52. The van der Waals surface area contributed by atoms with Gasteiger partial charge in [0.1, 0.15) is 5.82 Å². The average molecular weight is 404 g/mol. The third-order valence-corrected chi connectivity index (χ3v) is 3.80. The van der Waals surface area contributed by atoms with Crippen LogP contribution in [-0.2, 0) is 6.42 Å². The molecule has 0 aliphatic rings. The van der Waals surface area contributed by atoms with Gasteiger partial charge in [0, 0.05) is 10.0 Å². The van der Waals surface area contributed by atoms with Gasteiger partial charge in [-0.05, 0) is 36.2 Å². The number of benzene rings is 1. The Morgan fingerprint density at radius 3 is 2.74 bits per heavy atom. The first-order chi connectivity index (χ1) is 10.5. The Bertz CT molecular complexity index is 898. The summed E-state index contributed by atoms with van der Waals surface area (Å²) in [6.07, 6.45) is 2.14. The number of imidazole rings is 1. The molecule has 8 heteroatoms. The molecule has 1 N–H and O–H groups in total. The number of carboxylic acids is 1. The number of nitrogens with zero attached hydrogens (tertiary/aromatic N) is 3. The van der Waals surface area contributed by atoms with Gasteiger partial charge >= 0.3 is 57.4 Å². The molecule has 2 heterocycles. The van der Waals surface area contributed by atoms with Crippen LogP contribution in [0.15, 0.2) is 34.9 Å². The van der Waals surface area contributed by atoms with Crippen LogP contribution >= 0.6 is 15.9 Å². The van der Waals surface area contributed by atoms with Crippen molar-refractivity contribution in [2.24, 2.45) is 0 Å². The molecule has 0 atom stereocenters. The molecule has 0 saturated carbocycles. The van der Waals surface area contributed by atoms with Gasteiger partial charge in [-0.3, -0.25) is 0 Å². The number of aromatic nitrogens is 3. The molecule has 0 saturated heterocycles. The quantitative estimate of drug-likeness (QED) is 0.682. The fraction of sp³-hybridized carbons (Fsp3) is 0.133. The van der Waals surface area contributed by atoms with E-state index in [2.05, 4.69) is 26.0 Å². The van der Waals surface area contributed by atoms with Crippen LogP contribution in [0.4, 0.5) is 4.39 Å². The third-order valence-electron chi connectivity index (χ3n) is 3.31. The molecule has 0 aliphatic heterocycles. The van der Waals surface area contributed by atoms with Crippen LogP contribution < -0.4 is 0 Å². The topological polar surface area (TPSA) is 67.5 Å². The van der Waals surface area contributed by atoms with E-state index in [0.717, 1.165) is 5.56 Å². The van der Waals surface area contributed by atoms with Crippen molar-refractivity contribution in [2.75, 3.05) is 0 Å². The number of carboxylic acid groups (broad SMARTS) is 1.